The Morgan fingerprint density at radius 1 is 1.14 bits per heavy atom. The lowest BCUT2D eigenvalue weighted by Crippen LogP contribution is -2.45. The topological polar surface area (TPSA) is 66.8 Å². The van der Waals surface area contributed by atoms with Crippen molar-refractivity contribution in [2.24, 2.45) is 11.8 Å². The first-order chi connectivity index (χ1) is 10.7. The van der Waals surface area contributed by atoms with E-state index >= 15 is 0 Å². The van der Waals surface area contributed by atoms with E-state index in [9.17, 15) is 9.59 Å². The second kappa shape index (κ2) is 6.48. The number of aliphatic carboxylic acids is 1. The molecule has 2 aliphatic rings. The van der Waals surface area contributed by atoms with Crippen LogP contribution in [0.15, 0.2) is 30.3 Å². The molecule has 3 rings (SSSR count). The minimum atomic E-state index is -0.781. The zero-order chi connectivity index (χ0) is 15.5. The highest BCUT2D eigenvalue weighted by Gasteiger charge is 2.38. The third-order valence-electron chi connectivity index (χ3n) is 4.73. The molecule has 1 aliphatic heterocycles. The van der Waals surface area contributed by atoms with Crippen molar-refractivity contribution in [1.29, 1.82) is 0 Å². The lowest BCUT2D eigenvalue weighted by atomic mass is 9.99. The van der Waals surface area contributed by atoms with E-state index in [-0.39, 0.29) is 23.8 Å². The minimum Gasteiger partial charge on any atom is -0.481 e. The summed E-state index contributed by atoms with van der Waals surface area (Å²) in [5.41, 5.74) is 1.07. The Hall–Kier alpha value is -1.88. The molecule has 0 spiro atoms. The first kappa shape index (κ1) is 15.0. The Balaban J connectivity index is 1.74. The van der Waals surface area contributed by atoms with Gasteiger partial charge in [0.05, 0.1) is 25.2 Å². The van der Waals surface area contributed by atoms with Gasteiger partial charge in [0.1, 0.15) is 0 Å². The van der Waals surface area contributed by atoms with Gasteiger partial charge in [-0.15, -0.1) is 0 Å². The normalized spacial score (nSPS) is 28.5. The largest absolute Gasteiger partial charge is 0.481 e. The highest BCUT2D eigenvalue weighted by molar-refractivity contribution is 5.81. The number of carbonyl (C=O) groups excluding carboxylic acids is 1. The number of benzene rings is 1. The molecule has 22 heavy (non-hydrogen) atoms. The number of carboxylic acids is 1. The van der Waals surface area contributed by atoms with Crippen LogP contribution in [0.3, 0.4) is 0 Å². The molecule has 1 saturated carbocycles. The number of carboxylic acid groups (broad SMARTS) is 1. The molecule has 0 aromatic heterocycles. The molecule has 1 aromatic rings. The molecule has 1 unspecified atom stereocenters. The van der Waals surface area contributed by atoms with Crippen molar-refractivity contribution in [3.8, 4) is 0 Å². The average Bonchev–Trinajstić information content (AvgIpc) is 3.05. The first-order valence-corrected chi connectivity index (χ1v) is 7.83. The van der Waals surface area contributed by atoms with Crippen LogP contribution in [0.2, 0.25) is 0 Å². The van der Waals surface area contributed by atoms with Crippen molar-refractivity contribution in [2.45, 2.75) is 25.3 Å². The van der Waals surface area contributed by atoms with E-state index in [1.165, 1.54) is 0 Å². The predicted molar refractivity (Wildman–Crippen MR) is 80.2 cm³/mol. The van der Waals surface area contributed by atoms with Crippen LogP contribution < -0.4 is 0 Å². The molecule has 1 amide bonds. The second-order valence-corrected chi connectivity index (χ2v) is 6.08. The smallest absolute Gasteiger partial charge is 0.306 e. The molecule has 118 valence electrons. The number of morpholine rings is 1. The van der Waals surface area contributed by atoms with Gasteiger partial charge in [-0.1, -0.05) is 30.3 Å². The van der Waals surface area contributed by atoms with Crippen molar-refractivity contribution in [3.63, 3.8) is 0 Å². The van der Waals surface area contributed by atoms with Crippen LogP contribution in [0, 0.1) is 11.8 Å². The molecule has 5 nitrogen and oxygen atoms in total. The van der Waals surface area contributed by atoms with Crippen LogP contribution in [0.4, 0.5) is 0 Å². The van der Waals surface area contributed by atoms with Crippen molar-refractivity contribution in [1.82, 2.24) is 4.90 Å². The third kappa shape index (κ3) is 2.99. The van der Waals surface area contributed by atoms with Gasteiger partial charge < -0.3 is 14.7 Å². The van der Waals surface area contributed by atoms with Crippen molar-refractivity contribution in [2.75, 3.05) is 19.8 Å². The molecular weight excluding hydrogens is 282 g/mol. The summed E-state index contributed by atoms with van der Waals surface area (Å²) in [5.74, 6) is -1.23. The van der Waals surface area contributed by atoms with E-state index in [1.54, 1.807) is 0 Å². The number of hydrogen-bond acceptors (Lipinski definition) is 3. The molecule has 1 aromatic carbocycles. The molecule has 3 atom stereocenters. The first-order valence-electron chi connectivity index (χ1n) is 7.83. The van der Waals surface area contributed by atoms with Gasteiger partial charge in [-0.25, -0.2) is 0 Å². The summed E-state index contributed by atoms with van der Waals surface area (Å²) in [6.07, 6.45) is 1.74. The lowest BCUT2D eigenvalue weighted by Gasteiger charge is -2.37. The molecule has 5 heteroatoms. The maximum absolute atomic E-state index is 12.8. The van der Waals surface area contributed by atoms with E-state index in [1.807, 2.05) is 35.2 Å². The molecule has 1 heterocycles. The Kier molecular flexibility index (Phi) is 4.43. The summed E-state index contributed by atoms with van der Waals surface area (Å²) in [6.45, 7) is 1.63. The number of ether oxygens (including phenoxy) is 1. The monoisotopic (exact) mass is 303 g/mol. The Morgan fingerprint density at radius 2 is 1.86 bits per heavy atom. The molecule has 1 aliphatic carbocycles. The van der Waals surface area contributed by atoms with Gasteiger partial charge in [-0.05, 0) is 24.8 Å². The van der Waals surface area contributed by atoms with Crippen LogP contribution in [0.5, 0.6) is 0 Å². The quantitative estimate of drug-likeness (QED) is 0.928. The van der Waals surface area contributed by atoms with Gasteiger partial charge in [0.15, 0.2) is 0 Å². The Bertz CT molecular complexity index is 545. The SMILES string of the molecule is O=C(O)[C@@H]1CC[C@H](C(=O)N2CCOCC2c2ccccc2)C1. The predicted octanol–water partition coefficient (Wildman–Crippen LogP) is 2.09. The molecule has 1 N–H and O–H groups in total. The number of amides is 1. The zero-order valence-corrected chi connectivity index (χ0v) is 12.5. The van der Waals surface area contributed by atoms with Gasteiger partial charge in [-0.2, -0.15) is 0 Å². The minimum absolute atomic E-state index is 0.0636. The molecule has 1 saturated heterocycles. The van der Waals surface area contributed by atoms with Gasteiger partial charge in [0.2, 0.25) is 5.91 Å². The van der Waals surface area contributed by atoms with E-state index in [2.05, 4.69) is 0 Å². The maximum Gasteiger partial charge on any atom is 0.306 e. The lowest BCUT2D eigenvalue weighted by molar-refractivity contribution is -0.145. The third-order valence-corrected chi connectivity index (χ3v) is 4.73. The maximum atomic E-state index is 12.8. The average molecular weight is 303 g/mol. The number of rotatable bonds is 3. The summed E-state index contributed by atoms with van der Waals surface area (Å²) >= 11 is 0. The molecule has 2 fully saturated rings. The van der Waals surface area contributed by atoms with Crippen molar-refractivity contribution >= 4 is 11.9 Å². The van der Waals surface area contributed by atoms with E-state index in [0.717, 1.165) is 5.56 Å². The number of nitrogens with zero attached hydrogens (tertiary/aromatic N) is 1. The number of hydrogen-bond donors (Lipinski definition) is 1. The second-order valence-electron chi connectivity index (χ2n) is 6.08. The fraction of sp³-hybridized carbons (Fsp3) is 0.529. The highest BCUT2D eigenvalue weighted by Crippen LogP contribution is 2.35. The molecule has 0 radical (unpaired) electrons. The Labute approximate surface area is 129 Å². The fourth-order valence-electron chi connectivity index (χ4n) is 3.48. The zero-order valence-electron chi connectivity index (χ0n) is 12.5. The van der Waals surface area contributed by atoms with Gasteiger partial charge in [0.25, 0.3) is 0 Å². The summed E-state index contributed by atoms with van der Waals surface area (Å²) < 4.78 is 5.55. The van der Waals surface area contributed by atoms with Crippen LogP contribution in [-0.4, -0.2) is 41.6 Å². The molecular formula is C17H21NO4. The molecule has 0 bridgehead atoms. The summed E-state index contributed by atoms with van der Waals surface area (Å²) in [5, 5.41) is 9.11. The van der Waals surface area contributed by atoms with Gasteiger partial charge >= 0.3 is 5.97 Å². The van der Waals surface area contributed by atoms with E-state index < -0.39 is 5.97 Å². The number of carbonyl (C=O) groups is 2. The van der Waals surface area contributed by atoms with Crippen molar-refractivity contribution < 1.29 is 19.4 Å². The highest BCUT2D eigenvalue weighted by atomic mass is 16.5. The van der Waals surface area contributed by atoms with Crippen LogP contribution >= 0.6 is 0 Å². The van der Waals surface area contributed by atoms with Crippen LogP contribution in [0.25, 0.3) is 0 Å². The van der Waals surface area contributed by atoms with E-state index in [4.69, 9.17) is 9.84 Å². The summed E-state index contributed by atoms with van der Waals surface area (Å²) in [6, 6.07) is 9.83. The Morgan fingerprint density at radius 3 is 2.55 bits per heavy atom. The van der Waals surface area contributed by atoms with Gasteiger partial charge in [-0.3, -0.25) is 9.59 Å². The van der Waals surface area contributed by atoms with Crippen molar-refractivity contribution in [3.05, 3.63) is 35.9 Å². The summed E-state index contributed by atoms with van der Waals surface area (Å²) in [4.78, 5) is 25.8. The fourth-order valence-corrected chi connectivity index (χ4v) is 3.48. The van der Waals surface area contributed by atoms with E-state index in [0.29, 0.717) is 39.0 Å². The van der Waals surface area contributed by atoms with Gasteiger partial charge in [0, 0.05) is 12.5 Å². The standard InChI is InChI=1S/C17H21NO4/c19-16(13-6-7-14(10-13)17(20)21)18-8-9-22-11-15(18)12-4-2-1-3-5-12/h1-5,13-15H,6-11H2,(H,20,21)/t13-,14+,15?/m0/s1. The van der Waals surface area contributed by atoms with Crippen LogP contribution in [0.1, 0.15) is 30.9 Å². The van der Waals surface area contributed by atoms with Crippen LogP contribution in [-0.2, 0) is 14.3 Å². The summed E-state index contributed by atoms with van der Waals surface area (Å²) in [7, 11) is 0.